The van der Waals surface area contributed by atoms with E-state index in [0.717, 1.165) is 6.08 Å². The molecule has 0 aromatic heterocycles. The standard InChI is InChI=1S/C35H49N3O11/c1-3-4-5-6-7-8-9-10-11-12-13-14-15-18-29(34(43)44)33(42)38-30(35(45)46)19-20-31(40)37-22-23-48-24-25-49-27-32(41)36-21-16-17-28(39)26-47-2/h3-15,18,29-30H,16-17,19-27H2,1-2H3,(H,36,41)(H,37,40)(H,38,42)(H,43,44)(H,45,46)/b4-3+,6-5+,8-7+,10-9+,12-11+,14-13+,18-15+/t29?,30-/m0/s1. The van der Waals surface area contributed by atoms with Crippen molar-refractivity contribution in [3.63, 3.8) is 0 Å². The van der Waals surface area contributed by atoms with E-state index in [9.17, 15) is 39.0 Å². The van der Waals surface area contributed by atoms with E-state index in [0.29, 0.717) is 19.4 Å². The lowest BCUT2D eigenvalue weighted by molar-refractivity contribution is -0.148. The van der Waals surface area contributed by atoms with Gasteiger partial charge in [-0.25, -0.2) is 4.79 Å². The predicted octanol–water partition coefficient (Wildman–Crippen LogP) is 2.21. The zero-order valence-electron chi connectivity index (χ0n) is 28.1. The van der Waals surface area contributed by atoms with Gasteiger partial charge in [0.25, 0.3) is 0 Å². The number of ketones is 1. The Hall–Kier alpha value is -4.92. The van der Waals surface area contributed by atoms with Gasteiger partial charge in [0.15, 0.2) is 11.7 Å². The van der Waals surface area contributed by atoms with Crippen LogP contribution in [0.4, 0.5) is 0 Å². The van der Waals surface area contributed by atoms with Gasteiger partial charge in [-0.15, -0.1) is 0 Å². The molecule has 0 aliphatic carbocycles. The molecule has 2 atom stereocenters. The molecule has 0 saturated carbocycles. The van der Waals surface area contributed by atoms with Gasteiger partial charge in [0.05, 0.1) is 19.8 Å². The third-order valence-electron chi connectivity index (χ3n) is 5.98. The first kappa shape index (κ1) is 44.1. The first-order valence-electron chi connectivity index (χ1n) is 15.7. The van der Waals surface area contributed by atoms with Gasteiger partial charge in [0, 0.05) is 33.0 Å². The molecule has 1 unspecified atom stereocenters. The SMILES string of the molecule is C/C=C/C=C/C=C/C=C/C=C/C=C/C=C/C(C(=O)O)C(=O)N[C@@H](CCC(=O)NCCOCCOCC(=O)NCCCC(=O)COC)C(=O)O. The van der Waals surface area contributed by atoms with E-state index >= 15 is 0 Å². The third-order valence-corrected chi connectivity index (χ3v) is 5.98. The number of nitrogens with one attached hydrogen (secondary N) is 3. The average Bonchev–Trinajstić information content (AvgIpc) is 3.06. The number of hydrogen-bond acceptors (Lipinski definition) is 9. The fourth-order valence-corrected chi connectivity index (χ4v) is 3.54. The lowest BCUT2D eigenvalue weighted by atomic mass is 10.1. The lowest BCUT2D eigenvalue weighted by Gasteiger charge is -2.16. The Morgan fingerprint density at radius 3 is 1.80 bits per heavy atom. The van der Waals surface area contributed by atoms with Crippen LogP contribution >= 0.6 is 0 Å². The van der Waals surface area contributed by atoms with E-state index in [1.54, 1.807) is 24.3 Å². The molecule has 0 spiro atoms. The van der Waals surface area contributed by atoms with Crippen LogP contribution in [0, 0.1) is 5.92 Å². The number of carbonyl (C=O) groups excluding carboxylic acids is 4. The van der Waals surface area contributed by atoms with Crippen LogP contribution in [0.1, 0.15) is 32.6 Å². The van der Waals surface area contributed by atoms with E-state index < -0.39 is 35.7 Å². The molecule has 0 aromatic rings. The van der Waals surface area contributed by atoms with Crippen molar-refractivity contribution >= 4 is 35.4 Å². The summed E-state index contributed by atoms with van der Waals surface area (Å²) in [5, 5.41) is 26.3. The maximum Gasteiger partial charge on any atom is 0.326 e. The molecule has 14 heteroatoms. The van der Waals surface area contributed by atoms with Crippen LogP contribution in [-0.2, 0) is 43.0 Å². The van der Waals surface area contributed by atoms with Crippen LogP contribution in [0.2, 0.25) is 0 Å². The van der Waals surface area contributed by atoms with Crippen LogP contribution in [0.5, 0.6) is 0 Å². The fraction of sp³-hybridized carbons (Fsp3) is 0.429. The van der Waals surface area contributed by atoms with Gasteiger partial charge < -0.3 is 40.4 Å². The molecular weight excluding hydrogens is 638 g/mol. The van der Waals surface area contributed by atoms with Crippen molar-refractivity contribution in [1.82, 2.24) is 16.0 Å². The van der Waals surface area contributed by atoms with Gasteiger partial charge in [-0.2, -0.15) is 0 Å². The van der Waals surface area contributed by atoms with Gasteiger partial charge in [-0.3, -0.25) is 24.0 Å². The number of rotatable bonds is 28. The lowest BCUT2D eigenvalue weighted by Crippen LogP contribution is -2.45. The minimum Gasteiger partial charge on any atom is -0.480 e. The summed E-state index contributed by atoms with van der Waals surface area (Å²) in [6, 6.07) is -1.48. The first-order chi connectivity index (χ1) is 23.6. The third kappa shape index (κ3) is 26.8. The van der Waals surface area contributed by atoms with Gasteiger partial charge >= 0.3 is 11.9 Å². The summed E-state index contributed by atoms with van der Waals surface area (Å²) in [6.07, 6.45) is 24.4. The molecule has 3 amide bonds. The molecule has 270 valence electrons. The summed E-state index contributed by atoms with van der Waals surface area (Å²) in [5.74, 6) is -6.39. The highest BCUT2D eigenvalue weighted by Crippen LogP contribution is 2.05. The molecule has 0 aliphatic rings. The van der Waals surface area contributed by atoms with E-state index in [1.807, 2.05) is 49.5 Å². The van der Waals surface area contributed by atoms with E-state index in [-0.39, 0.29) is 64.1 Å². The Morgan fingerprint density at radius 1 is 0.653 bits per heavy atom. The van der Waals surface area contributed by atoms with E-state index in [2.05, 4.69) is 16.0 Å². The van der Waals surface area contributed by atoms with Crippen LogP contribution in [0.15, 0.2) is 85.1 Å². The highest BCUT2D eigenvalue weighted by molar-refractivity contribution is 6.00. The molecule has 5 N–H and O–H groups in total. The number of methoxy groups -OCH3 is 1. The molecule has 49 heavy (non-hydrogen) atoms. The number of hydrogen-bond donors (Lipinski definition) is 5. The topological polar surface area (TPSA) is 207 Å². The molecule has 0 radical (unpaired) electrons. The van der Waals surface area contributed by atoms with Crippen molar-refractivity contribution in [3.8, 4) is 0 Å². The predicted molar refractivity (Wildman–Crippen MR) is 183 cm³/mol. The number of aliphatic carboxylic acids is 2. The van der Waals surface area contributed by atoms with Crippen molar-refractivity contribution < 1.29 is 53.2 Å². The van der Waals surface area contributed by atoms with Crippen LogP contribution in [0.25, 0.3) is 0 Å². The minimum atomic E-state index is -1.64. The summed E-state index contributed by atoms with van der Waals surface area (Å²) in [6.45, 7) is 2.72. The van der Waals surface area contributed by atoms with E-state index in [1.165, 1.54) is 19.3 Å². The zero-order valence-corrected chi connectivity index (χ0v) is 28.1. The molecule has 0 bridgehead atoms. The Balaban J connectivity index is 4.35. The highest BCUT2D eigenvalue weighted by Gasteiger charge is 2.28. The molecule has 0 rings (SSSR count). The van der Waals surface area contributed by atoms with Crippen LogP contribution < -0.4 is 16.0 Å². The second-order valence-corrected chi connectivity index (χ2v) is 10.0. The quantitative estimate of drug-likeness (QED) is 0.0458. The van der Waals surface area contributed by atoms with Crippen LogP contribution in [-0.4, -0.2) is 105 Å². The van der Waals surface area contributed by atoms with Crippen molar-refractivity contribution in [2.45, 2.75) is 38.6 Å². The van der Waals surface area contributed by atoms with Crippen molar-refractivity contribution in [2.75, 3.05) is 53.2 Å². The number of ether oxygens (including phenoxy) is 3. The van der Waals surface area contributed by atoms with Crippen molar-refractivity contribution in [3.05, 3.63) is 85.1 Å². The number of carboxylic acids is 2. The van der Waals surface area contributed by atoms with Gasteiger partial charge in [0.2, 0.25) is 17.7 Å². The maximum absolute atomic E-state index is 12.5. The number of carbonyl (C=O) groups is 6. The molecule has 0 saturated heterocycles. The molecule has 14 nitrogen and oxygen atoms in total. The van der Waals surface area contributed by atoms with Crippen LogP contribution in [0.3, 0.4) is 0 Å². The van der Waals surface area contributed by atoms with Gasteiger partial charge in [-0.1, -0.05) is 85.1 Å². The van der Waals surface area contributed by atoms with Crippen molar-refractivity contribution in [1.29, 1.82) is 0 Å². The Labute approximate surface area is 287 Å². The summed E-state index contributed by atoms with van der Waals surface area (Å²) >= 11 is 0. The first-order valence-corrected chi connectivity index (χ1v) is 15.7. The molecular formula is C35H49N3O11. The highest BCUT2D eigenvalue weighted by atomic mass is 16.5. The monoisotopic (exact) mass is 687 g/mol. The zero-order chi connectivity index (χ0) is 36.5. The fourth-order valence-electron chi connectivity index (χ4n) is 3.54. The minimum absolute atomic E-state index is 0.0409. The molecule has 0 aromatic carbocycles. The summed E-state index contributed by atoms with van der Waals surface area (Å²) < 4.78 is 15.2. The van der Waals surface area contributed by atoms with E-state index in [4.69, 9.17) is 14.2 Å². The molecule has 0 heterocycles. The molecule has 0 fully saturated rings. The number of allylic oxidation sites excluding steroid dienone is 13. The average molecular weight is 688 g/mol. The van der Waals surface area contributed by atoms with Gasteiger partial charge in [-0.05, 0) is 19.8 Å². The smallest absolute Gasteiger partial charge is 0.326 e. The Bertz CT molecular complexity index is 1230. The number of amides is 3. The number of Topliss-reactive ketones (excluding diaryl/α,β-unsaturated/α-hetero) is 1. The van der Waals surface area contributed by atoms with Crippen molar-refractivity contribution in [2.24, 2.45) is 5.92 Å². The largest absolute Gasteiger partial charge is 0.480 e. The Morgan fingerprint density at radius 2 is 1.22 bits per heavy atom. The number of carboxylic acid groups (broad SMARTS) is 2. The summed E-state index contributed by atoms with van der Waals surface area (Å²) in [7, 11) is 1.44. The normalized spacial score (nSPS) is 13.3. The maximum atomic E-state index is 12.5. The summed E-state index contributed by atoms with van der Waals surface area (Å²) in [5.41, 5.74) is 0. The van der Waals surface area contributed by atoms with Gasteiger partial charge in [0.1, 0.15) is 19.3 Å². The second kappa shape index (κ2) is 30.4. The second-order valence-electron chi connectivity index (χ2n) is 10.0. The molecule has 0 aliphatic heterocycles. The summed E-state index contributed by atoms with van der Waals surface area (Å²) in [4.78, 5) is 70.9. The Kier molecular flexibility index (Phi) is 27.4.